The van der Waals surface area contributed by atoms with Gasteiger partial charge in [-0.05, 0) is 31.5 Å². The number of hydrogen-bond donors (Lipinski definition) is 2. The first kappa shape index (κ1) is 13.7. The Labute approximate surface area is 105 Å². The van der Waals surface area contributed by atoms with Gasteiger partial charge in [-0.1, -0.05) is 12.1 Å². The molecule has 0 saturated carbocycles. The Balaban J connectivity index is 2.88. The number of carbonyl (C=O) groups excluding carboxylic acids is 1. The summed E-state index contributed by atoms with van der Waals surface area (Å²) in [4.78, 5) is 22.8. The molecule has 18 heavy (non-hydrogen) atoms. The van der Waals surface area contributed by atoms with Crippen LogP contribution in [0.2, 0.25) is 0 Å². The van der Waals surface area contributed by atoms with Gasteiger partial charge in [-0.25, -0.2) is 4.79 Å². The average Bonchev–Trinajstić information content (AvgIpc) is 2.29. The molecule has 1 aromatic carbocycles. The second kappa shape index (κ2) is 5.32. The Bertz CT molecular complexity index is 515. The lowest BCUT2D eigenvalue weighted by atomic mass is 10.0. The van der Waals surface area contributed by atoms with E-state index in [0.717, 1.165) is 5.56 Å². The first-order valence-electron chi connectivity index (χ1n) is 5.38. The molecular weight excluding hydrogens is 232 g/mol. The topological polar surface area (TPSA) is 90.2 Å². The molecule has 0 aromatic heterocycles. The van der Waals surface area contributed by atoms with Crippen LogP contribution in [0.25, 0.3) is 0 Å². The molecule has 0 aliphatic heterocycles. The maximum Gasteiger partial charge on any atom is 0.328 e. The molecule has 1 amide bonds. The van der Waals surface area contributed by atoms with E-state index in [4.69, 9.17) is 10.4 Å². The summed E-state index contributed by atoms with van der Waals surface area (Å²) in [6.07, 6.45) is 0.212. The molecule has 2 N–H and O–H groups in total. The Morgan fingerprint density at radius 1 is 1.44 bits per heavy atom. The van der Waals surface area contributed by atoms with Crippen molar-refractivity contribution >= 4 is 11.9 Å². The zero-order valence-electron chi connectivity index (χ0n) is 10.2. The lowest BCUT2D eigenvalue weighted by Crippen LogP contribution is -2.49. The third-order valence-corrected chi connectivity index (χ3v) is 2.43. The van der Waals surface area contributed by atoms with Crippen LogP contribution < -0.4 is 5.32 Å². The summed E-state index contributed by atoms with van der Waals surface area (Å²) in [5.41, 5.74) is -0.266. The first-order valence-corrected chi connectivity index (χ1v) is 5.38. The molecule has 0 radical (unpaired) electrons. The minimum Gasteiger partial charge on any atom is -0.480 e. The zero-order chi connectivity index (χ0) is 13.8. The number of benzene rings is 1. The Hall–Kier alpha value is -2.35. The van der Waals surface area contributed by atoms with E-state index in [9.17, 15) is 9.59 Å². The van der Waals surface area contributed by atoms with Crippen LogP contribution in [-0.4, -0.2) is 22.5 Å². The van der Waals surface area contributed by atoms with Crippen molar-refractivity contribution in [3.05, 3.63) is 35.4 Å². The van der Waals surface area contributed by atoms with Crippen LogP contribution in [-0.2, 0) is 11.2 Å². The first-order chi connectivity index (χ1) is 8.36. The molecule has 0 atom stereocenters. The van der Waals surface area contributed by atoms with E-state index < -0.39 is 17.4 Å². The third-order valence-electron chi connectivity index (χ3n) is 2.43. The zero-order valence-corrected chi connectivity index (χ0v) is 10.2. The highest BCUT2D eigenvalue weighted by Gasteiger charge is 2.29. The highest BCUT2D eigenvalue weighted by Crippen LogP contribution is 2.09. The molecule has 0 aliphatic rings. The quantitative estimate of drug-likeness (QED) is 0.838. The van der Waals surface area contributed by atoms with Gasteiger partial charge in [0.25, 0.3) is 5.91 Å². The van der Waals surface area contributed by atoms with E-state index >= 15 is 0 Å². The van der Waals surface area contributed by atoms with Gasteiger partial charge in [0, 0.05) is 5.56 Å². The molecule has 1 aromatic rings. The van der Waals surface area contributed by atoms with Gasteiger partial charge in [0.05, 0.1) is 12.5 Å². The molecule has 1 rings (SSSR count). The number of nitriles is 1. The number of carboxylic acids is 1. The van der Waals surface area contributed by atoms with Gasteiger partial charge in [-0.3, -0.25) is 4.79 Å². The van der Waals surface area contributed by atoms with E-state index in [-0.39, 0.29) is 6.42 Å². The van der Waals surface area contributed by atoms with Gasteiger partial charge >= 0.3 is 5.97 Å². The fourth-order valence-electron chi connectivity index (χ4n) is 1.32. The summed E-state index contributed by atoms with van der Waals surface area (Å²) < 4.78 is 0. The van der Waals surface area contributed by atoms with E-state index in [1.807, 2.05) is 6.07 Å². The van der Waals surface area contributed by atoms with Gasteiger partial charge in [-0.15, -0.1) is 0 Å². The molecule has 0 fully saturated rings. The highest BCUT2D eigenvalue weighted by atomic mass is 16.4. The van der Waals surface area contributed by atoms with Gasteiger partial charge in [-0.2, -0.15) is 5.26 Å². The summed E-state index contributed by atoms with van der Waals surface area (Å²) in [5.74, 6) is -1.58. The lowest BCUT2D eigenvalue weighted by molar-refractivity contribution is -0.143. The van der Waals surface area contributed by atoms with Crippen molar-refractivity contribution in [3.63, 3.8) is 0 Å². The third kappa shape index (κ3) is 3.32. The predicted octanol–water partition coefficient (Wildman–Crippen LogP) is 1.35. The molecule has 5 heteroatoms. The van der Waals surface area contributed by atoms with Crippen molar-refractivity contribution in [2.24, 2.45) is 0 Å². The second-order valence-electron chi connectivity index (χ2n) is 4.42. The molecular formula is C13H14N2O3. The number of carbonyl (C=O) groups is 2. The molecule has 0 unspecified atom stereocenters. The van der Waals surface area contributed by atoms with Gasteiger partial charge in [0.15, 0.2) is 0 Å². The molecule has 0 heterocycles. The largest absolute Gasteiger partial charge is 0.480 e. The van der Waals surface area contributed by atoms with E-state index in [2.05, 4.69) is 5.32 Å². The smallest absolute Gasteiger partial charge is 0.328 e. The van der Waals surface area contributed by atoms with Gasteiger partial charge in [0.1, 0.15) is 5.54 Å². The van der Waals surface area contributed by atoms with E-state index in [0.29, 0.717) is 5.56 Å². The number of rotatable bonds is 4. The number of amides is 1. The van der Waals surface area contributed by atoms with Crippen molar-refractivity contribution in [2.45, 2.75) is 25.8 Å². The summed E-state index contributed by atoms with van der Waals surface area (Å²) in [5, 5.41) is 19.9. The summed E-state index contributed by atoms with van der Waals surface area (Å²) in [6, 6.07) is 8.55. The van der Waals surface area contributed by atoms with Crippen LogP contribution in [0.4, 0.5) is 0 Å². The van der Waals surface area contributed by atoms with Crippen molar-refractivity contribution in [1.29, 1.82) is 5.26 Å². The highest BCUT2D eigenvalue weighted by molar-refractivity contribution is 5.97. The number of aliphatic carboxylic acids is 1. The fraction of sp³-hybridized carbons (Fsp3) is 0.308. The second-order valence-corrected chi connectivity index (χ2v) is 4.42. The molecule has 94 valence electrons. The maximum atomic E-state index is 11.9. The lowest BCUT2D eigenvalue weighted by Gasteiger charge is -2.21. The van der Waals surface area contributed by atoms with Gasteiger partial charge in [0.2, 0.25) is 0 Å². The van der Waals surface area contributed by atoms with Crippen LogP contribution in [0.1, 0.15) is 29.8 Å². The van der Waals surface area contributed by atoms with Crippen LogP contribution >= 0.6 is 0 Å². The van der Waals surface area contributed by atoms with E-state index in [1.54, 1.807) is 24.3 Å². The van der Waals surface area contributed by atoms with Crippen LogP contribution in [0.3, 0.4) is 0 Å². The summed E-state index contributed by atoms with van der Waals surface area (Å²) in [7, 11) is 0. The van der Waals surface area contributed by atoms with Crippen molar-refractivity contribution in [3.8, 4) is 6.07 Å². The van der Waals surface area contributed by atoms with Crippen LogP contribution in [0, 0.1) is 11.3 Å². The minimum atomic E-state index is -1.33. The van der Waals surface area contributed by atoms with Crippen molar-refractivity contribution in [1.82, 2.24) is 5.32 Å². The standard InChI is InChI=1S/C13H14N2O3/c1-13(2,12(17)18)15-11(16)10-5-3-4-9(8-10)6-7-14/h3-5,8H,6H2,1-2H3,(H,15,16)(H,17,18). The van der Waals surface area contributed by atoms with Crippen molar-refractivity contribution < 1.29 is 14.7 Å². The molecule has 0 bridgehead atoms. The molecule has 5 nitrogen and oxygen atoms in total. The predicted molar refractivity (Wildman–Crippen MR) is 64.9 cm³/mol. The monoisotopic (exact) mass is 246 g/mol. The van der Waals surface area contributed by atoms with Crippen LogP contribution in [0.5, 0.6) is 0 Å². The Kier molecular flexibility index (Phi) is 4.05. The SMILES string of the molecule is CC(C)(NC(=O)c1cccc(CC#N)c1)C(=O)O. The average molecular weight is 246 g/mol. The molecule has 0 spiro atoms. The minimum absolute atomic E-state index is 0.212. The van der Waals surface area contributed by atoms with E-state index in [1.165, 1.54) is 13.8 Å². The Morgan fingerprint density at radius 3 is 2.67 bits per heavy atom. The maximum absolute atomic E-state index is 11.9. The Morgan fingerprint density at radius 2 is 2.11 bits per heavy atom. The number of carboxylic acid groups (broad SMARTS) is 1. The number of nitrogens with zero attached hydrogens (tertiary/aromatic N) is 1. The normalized spacial score (nSPS) is 10.5. The summed E-state index contributed by atoms with van der Waals surface area (Å²) >= 11 is 0. The van der Waals surface area contributed by atoms with Crippen LogP contribution in [0.15, 0.2) is 24.3 Å². The molecule has 0 aliphatic carbocycles. The number of nitrogens with one attached hydrogen (secondary N) is 1. The fourth-order valence-corrected chi connectivity index (χ4v) is 1.32. The molecule has 0 saturated heterocycles. The van der Waals surface area contributed by atoms with Crippen molar-refractivity contribution in [2.75, 3.05) is 0 Å². The number of hydrogen-bond acceptors (Lipinski definition) is 3. The van der Waals surface area contributed by atoms with Gasteiger partial charge < -0.3 is 10.4 Å². The summed E-state index contributed by atoms with van der Waals surface area (Å²) in [6.45, 7) is 2.82.